The molecule has 0 aromatic heterocycles. The first kappa shape index (κ1) is 12.2. The lowest BCUT2D eigenvalue weighted by atomic mass is 10.2. The lowest BCUT2D eigenvalue weighted by Gasteiger charge is -2.09. The molecule has 0 spiro atoms. The second-order valence-electron chi connectivity index (χ2n) is 3.06. The fraction of sp³-hybridized carbons (Fsp3) is 0.333. The van der Waals surface area contributed by atoms with E-state index in [2.05, 4.69) is 0 Å². The third-order valence-corrected chi connectivity index (χ3v) is 2.40. The maximum Gasteiger partial charge on any atom is 0.160 e. The first-order valence-electron chi connectivity index (χ1n) is 4.74. The summed E-state index contributed by atoms with van der Waals surface area (Å²) in [7, 11) is 3.25. The van der Waals surface area contributed by atoms with Gasteiger partial charge in [-0.1, -0.05) is 42.0 Å². The van der Waals surface area contributed by atoms with Crippen molar-refractivity contribution >= 4 is 17.7 Å². The van der Waals surface area contributed by atoms with Crippen LogP contribution in [0.1, 0.15) is 12.0 Å². The van der Waals surface area contributed by atoms with Gasteiger partial charge in [-0.15, -0.1) is 0 Å². The summed E-state index contributed by atoms with van der Waals surface area (Å²) in [6.07, 6.45) is 4.47. The lowest BCUT2D eigenvalue weighted by Crippen LogP contribution is -2.10. The summed E-state index contributed by atoms with van der Waals surface area (Å²) in [5, 5.41) is 0.750. The Morgan fingerprint density at radius 1 is 1.27 bits per heavy atom. The highest BCUT2D eigenvalue weighted by Gasteiger charge is 2.00. The molecule has 0 aliphatic rings. The van der Waals surface area contributed by atoms with Crippen molar-refractivity contribution in [2.75, 3.05) is 14.2 Å². The third-order valence-electron chi connectivity index (χ3n) is 2.06. The molecule has 2 nitrogen and oxygen atoms in total. The zero-order valence-corrected chi connectivity index (χ0v) is 9.70. The van der Waals surface area contributed by atoms with Crippen LogP contribution in [0.5, 0.6) is 0 Å². The molecule has 0 fully saturated rings. The molecular weight excluding hydrogens is 212 g/mol. The van der Waals surface area contributed by atoms with Gasteiger partial charge in [-0.05, 0) is 11.6 Å². The Bertz CT molecular complexity index is 319. The van der Waals surface area contributed by atoms with Gasteiger partial charge in [0.25, 0.3) is 0 Å². The van der Waals surface area contributed by atoms with Crippen molar-refractivity contribution < 1.29 is 9.47 Å². The highest BCUT2D eigenvalue weighted by Crippen LogP contribution is 2.16. The van der Waals surface area contributed by atoms with E-state index in [0.29, 0.717) is 6.42 Å². The standard InChI is InChI=1S/C12H15ClO2/c1-14-12(15-2)9-5-7-10-6-3-4-8-11(10)13/h3-8,12H,9H2,1-2H3/b7-5+. The first-order chi connectivity index (χ1) is 7.27. The maximum absolute atomic E-state index is 5.99. The molecule has 0 aliphatic carbocycles. The summed E-state index contributed by atoms with van der Waals surface area (Å²) in [5.41, 5.74) is 1.00. The van der Waals surface area contributed by atoms with Crippen molar-refractivity contribution in [2.24, 2.45) is 0 Å². The van der Waals surface area contributed by atoms with E-state index in [0.717, 1.165) is 10.6 Å². The van der Waals surface area contributed by atoms with E-state index in [-0.39, 0.29) is 6.29 Å². The Morgan fingerprint density at radius 3 is 2.53 bits per heavy atom. The van der Waals surface area contributed by atoms with E-state index in [9.17, 15) is 0 Å². The summed E-state index contributed by atoms with van der Waals surface area (Å²) in [6.45, 7) is 0. The summed E-state index contributed by atoms with van der Waals surface area (Å²) < 4.78 is 10.1. The van der Waals surface area contributed by atoms with Crippen molar-refractivity contribution in [1.82, 2.24) is 0 Å². The van der Waals surface area contributed by atoms with Crippen LogP contribution in [0, 0.1) is 0 Å². The van der Waals surface area contributed by atoms with Gasteiger partial charge in [0.05, 0.1) is 0 Å². The molecule has 15 heavy (non-hydrogen) atoms. The quantitative estimate of drug-likeness (QED) is 0.717. The van der Waals surface area contributed by atoms with Crippen molar-refractivity contribution in [3.8, 4) is 0 Å². The number of rotatable bonds is 5. The van der Waals surface area contributed by atoms with Crippen LogP contribution in [-0.4, -0.2) is 20.5 Å². The van der Waals surface area contributed by atoms with Crippen LogP contribution in [0.2, 0.25) is 5.02 Å². The fourth-order valence-corrected chi connectivity index (χ4v) is 1.40. The van der Waals surface area contributed by atoms with Gasteiger partial charge in [-0.3, -0.25) is 0 Å². The molecule has 0 saturated carbocycles. The average molecular weight is 227 g/mol. The van der Waals surface area contributed by atoms with Gasteiger partial charge in [-0.25, -0.2) is 0 Å². The predicted molar refractivity (Wildman–Crippen MR) is 62.9 cm³/mol. The van der Waals surface area contributed by atoms with Crippen LogP contribution in [0.25, 0.3) is 6.08 Å². The molecule has 0 N–H and O–H groups in total. The van der Waals surface area contributed by atoms with Gasteiger partial charge in [0.2, 0.25) is 0 Å². The van der Waals surface area contributed by atoms with E-state index in [1.165, 1.54) is 0 Å². The van der Waals surface area contributed by atoms with Crippen LogP contribution < -0.4 is 0 Å². The van der Waals surface area contributed by atoms with Crippen LogP contribution in [0.4, 0.5) is 0 Å². The predicted octanol–water partition coefficient (Wildman–Crippen LogP) is 3.36. The highest BCUT2D eigenvalue weighted by molar-refractivity contribution is 6.32. The first-order valence-corrected chi connectivity index (χ1v) is 5.12. The van der Waals surface area contributed by atoms with E-state index in [1.807, 2.05) is 36.4 Å². The van der Waals surface area contributed by atoms with E-state index in [1.54, 1.807) is 14.2 Å². The molecule has 0 aliphatic heterocycles. The van der Waals surface area contributed by atoms with Crippen LogP contribution >= 0.6 is 11.6 Å². The van der Waals surface area contributed by atoms with Crippen molar-refractivity contribution in [2.45, 2.75) is 12.7 Å². The molecule has 0 heterocycles. The number of methoxy groups -OCH3 is 2. The zero-order valence-electron chi connectivity index (χ0n) is 8.94. The van der Waals surface area contributed by atoms with Gasteiger partial charge in [0.15, 0.2) is 6.29 Å². The number of ether oxygens (including phenoxy) is 2. The smallest absolute Gasteiger partial charge is 0.160 e. The summed E-state index contributed by atoms with van der Waals surface area (Å²) in [5.74, 6) is 0. The average Bonchev–Trinajstić information content (AvgIpc) is 2.27. The zero-order chi connectivity index (χ0) is 11.1. The van der Waals surface area contributed by atoms with Crippen LogP contribution in [-0.2, 0) is 9.47 Å². The van der Waals surface area contributed by atoms with Gasteiger partial charge in [-0.2, -0.15) is 0 Å². The second-order valence-corrected chi connectivity index (χ2v) is 3.47. The van der Waals surface area contributed by atoms with Crippen LogP contribution in [0.15, 0.2) is 30.3 Å². The molecule has 1 aromatic carbocycles. The van der Waals surface area contributed by atoms with Gasteiger partial charge in [0.1, 0.15) is 0 Å². The van der Waals surface area contributed by atoms with Gasteiger partial charge < -0.3 is 9.47 Å². The minimum atomic E-state index is -0.191. The Morgan fingerprint density at radius 2 is 1.93 bits per heavy atom. The van der Waals surface area contributed by atoms with Gasteiger partial charge in [0, 0.05) is 25.7 Å². The lowest BCUT2D eigenvalue weighted by molar-refractivity contribution is -0.0985. The molecule has 0 amide bonds. The van der Waals surface area contributed by atoms with Crippen molar-refractivity contribution in [1.29, 1.82) is 0 Å². The summed E-state index contributed by atoms with van der Waals surface area (Å²) >= 11 is 5.99. The molecule has 1 rings (SSSR count). The van der Waals surface area contributed by atoms with Gasteiger partial charge >= 0.3 is 0 Å². The third kappa shape index (κ3) is 4.04. The van der Waals surface area contributed by atoms with E-state index in [4.69, 9.17) is 21.1 Å². The number of hydrogen-bond donors (Lipinski definition) is 0. The topological polar surface area (TPSA) is 18.5 Å². The Hall–Kier alpha value is -0.830. The number of benzene rings is 1. The molecule has 1 aromatic rings. The number of hydrogen-bond acceptors (Lipinski definition) is 2. The van der Waals surface area contributed by atoms with Crippen LogP contribution in [0.3, 0.4) is 0 Å². The SMILES string of the molecule is COC(C/C=C/c1ccccc1Cl)OC. The largest absolute Gasteiger partial charge is 0.356 e. The molecule has 0 bridgehead atoms. The maximum atomic E-state index is 5.99. The second kappa shape index (κ2) is 6.62. The van der Waals surface area contributed by atoms with Crippen molar-refractivity contribution in [3.05, 3.63) is 40.9 Å². The Kier molecular flexibility index (Phi) is 5.40. The molecular formula is C12H15ClO2. The molecule has 3 heteroatoms. The van der Waals surface area contributed by atoms with Crippen molar-refractivity contribution in [3.63, 3.8) is 0 Å². The monoisotopic (exact) mass is 226 g/mol. The highest BCUT2D eigenvalue weighted by atomic mass is 35.5. The molecule has 0 radical (unpaired) electrons. The minimum absolute atomic E-state index is 0.191. The normalized spacial score (nSPS) is 11.5. The summed E-state index contributed by atoms with van der Waals surface area (Å²) in [4.78, 5) is 0. The Balaban J connectivity index is 2.54. The molecule has 0 unspecified atom stereocenters. The minimum Gasteiger partial charge on any atom is -0.356 e. The fourth-order valence-electron chi connectivity index (χ4n) is 1.21. The number of halogens is 1. The van der Waals surface area contributed by atoms with E-state index >= 15 is 0 Å². The van der Waals surface area contributed by atoms with E-state index < -0.39 is 0 Å². The Labute approximate surface area is 95.5 Å². The molecule has 82 valence electrons. The molecule has 0 atom stereocenters. The summed E-state index contributed by atoms with van der Waals surface area (Å²) in [6, 6.07) is 7.70. The molecule has 0 saturated heterocycles.